The van der Waals surface area contributed by atoms with Crippen LogP contribution in [0, 0.1) is 11.7 Å². The Morgan fingerprint density at radius 2 is 1.97 bits per heavy atom. The van der Waals surface area contributed by atoms with Crippen molar-refractivity contribution in [2.45, 2.75) is 55.6 Å². The molecular weight excluding hydrogens is 395 g/mol. The highest BCUT2D eigenvalue weighted by molar-refractivity contribution is 7.99. The Hall–Kier alpha value is -1.64. The molecule has 0 radical (unpaired) electrons. The smallest absolute Gasteiger partial charge is 0.261 e. The average molecular weight is 423 g/mol. The largest absolute Gasteiger partial charge is 0.493 e. The molecule has 0 atom stereocenters. The van der Waals surface area contributed by atoms with E-state index in [-0.39, 0.29) is 11.5 Å². The maximum absolute atomic E-state index is 14.5. The molecule has 0 bridgehead atoms. The van der Waals surface area contributed by atoms with Crippen LogP contribution in [0.5, 0.6) is 5.75 Å². The van der Waals surface area contributed by atoms with Crippen molar-refractivity contribution in [1.82, 2.24) is 9.97 Å². The number of thioether (sulfide) groups is 1. The molecule has 1 aliphatic carbocycles. The molecule has 1 aromatic carbocycles. The van der Waals surface area contributed by atoms with Gasteiger partial charge in [0.15, 0.2) is 0 Å². The lowest BCUT2D eigenvalue weighted by Crippen LogP contribution is -2.21. The Labute approximate surface area is 173 Å². The molecule has 6 nitrogen and oxygen atoms in total. The first-order valence-electron chi connectivity index (χ1n) is 10.3. The summed E-state index contributed by atoms with van der Waals surface area (Å²) >= 11 is 1.73. The van der Waals surface area contributed by atoms with Crippen molar-refractivity contribution in [3.8, 4) is 5.75 Å². The van der Waals surface area contributed by atoms with Gasteiger partial charge in [0, 0.05) is 30.6 Å². The predicted molar refractivity (Wildman–Crippen MR) is 111 cm³/mol. The molecule has 0 spiro atoms. The quantitative estimate of drug-likeness (QED) is 0.742. The molecule has 0 amide bonds. The van der Waals surface area contributed by atoms with E-state index in [1.807, 2.05) is 0 Å². The first kappa shape index (κ1) is 20.6. The second-order valence-corrected chi connectivity index (χ2v) is 9.21. The van der Waals surface area contributed by atoms with Crippen LogP contribution >= 0.6 is 11.8 Å². The number of nitrogens with one attached hydrogen (secondary N) is 1. The minimum atomic E-state index is -0.612. The SMILES string of the molecule is O=c1[nH]c(CSC2CCC(O)CC2)nc2cc(OCC3CCOCC3)cc(F)c12. The number of ether oxygens (including phenoxy) is 2. The van der Waals surface area contributed by atoms with Crippen LogP contribution in [-0.2, 0) is 10.5 Å². The minimum absolute atomic E-state index is 0.0297. The second kappa shape index (κ2) is 9.45. The number of aromatic nitrogens is 2. The molecule has 2 aliphatic rings. The zero-order chi connectivity index (χ0) is 20.2. The summed E-state index contributed by atoms with van der Waals surface area (Å²) in [5, 5.41) is 10.0. The molecular formula is C21H27FN2O4S. The molecule has 1 saturated carbocycles. The van der Waals surface area contributed by atoms with Crippen molar-refractivity contribution in [3.63, 3.8) is 0 Å². The van der Waals surface area contributed by atoms with E-state index in [0.29, 0.717) is 40.6 Å². The summed E-state index contributed by atoms with van der Waals surface area (Å²) in [5.41, 5.74) is -0.136. The first-order valence-corrected chi connectivity index (χ1v) is 11.4. The summed E-state index contributed by atoms with van der Waals surface area (Å²) in [6.45, 7) is 1.98. The topological polar surface area (TPSA) is 84.4 Å². The van der Waals surface area contributed by atoms with E-state index >= 15 is 0 Å². The minimum Gasteiger partial charge on any atom is -0.493 e. The van der Waals surface area contributed by atoms with Gasteiger partial charge in [-0.05, 0) is 44.4 Å². The number of hydrogen-bond donors (Lipinski definition) is 2. The number of hydrogen-bond acceptors (Lipinski definition) is 6. The zero-order valence-corrected chi connectivity index (χ0v) is 17.2. The van der Waals surface area contributed by atoms with Gasteiger partial charge in [-0.2, -0.15) is 11.8 Å². The molecule has 2 heterocycles. The van der Waals surface area contributed by atoms with Gasteiger partial charge in [-0.15, -0.1) is 0 Å². The monoisotopic (exact) mass is 422 g/mol. The van der Waals surface area contributed by atoms with E-state index in [1.165, 1.54) is 6.07 Å². The summed E-state index contributed by atoms with van der Waals surface area (Å²) in [7, 11) is 0. The summed E-state index contributed by atoms with van der Waals surface area (Å²) in [4.78, 5) is 19.6. The molecule has 0 unspecified atom stereocenters. The van der Waals surface area contributed by atoms with E-state index in [0.717, 1.165) is 51.7 Å². The van der Waals surface area contributed by atoms with Gasteiger partial charge in [0.05, 0.1) is 24.0 Å². The van der Waals surface area contributed by atoms with E-state index in [4.69, 9.17) is 9.47 Å². The van der Waals surface area contributed by atoms with E-state index in [2.05, 4.69) is 9.97 Å². The van der Waals surface area contributed by atoms with Gasteiger partial charge in [-0.25, -0.2) is 9.37 Å². The van der Waals surface area contributed by atoms with Crippen LogP contribution in [0.1, 0.15) is 44.3 Å². The molecule has 1 aromatic heterocycles. The van der Waals surface area contributed by atoms with Crippen molar-refractivity contribution in [2.75, 3.05) is 19.8 Å². The van der Waals surface area contributed by atoms with Gasteiger partial charge in [0.25, 0.3) is 5.56 Å². The number of aromatic amines is 1. The predicted octanol–water partition coefficient (Wildman–Crippen LogP) is 3.40. The highest BCUT2D eigenvalue weighted by atomic mass is 32.2. The molecule has 29 heavy (non-hydrogen) atoms. The zero-order valence-electron chi connectivity index (χ0n) is 16.4. The number of nitrogens with zero attached hydrogens (tertiary/aromatic N) is 1. The number of rotatable bonds is 6. The first-order chi connectivity index (χ1) is 14.1. The van der Waals surface area contributed by atoms with Gasteiger partial charge < -0.3 is 19.6 Å². The lowest BCUT2D eigenvalue weighted by atomic mass is 9.97. The average Bonchev–Trinajstić information content (AvgIpc) is 2.72. The molecule has 4 rings (SSSR count). The van der Waals surface area contributed by atoms with Crippen LogP contribution in [-0.4, -0.2) is 46.2 Å². The van der Waals surface area contributed by atoms with Gasteiger partial charge in [-0.1, -0.05) is 0 Å². The molecule has 1 saturated heterocycles. The summed E-state index contributed by atoms with van der Waals surface area (Å²) < 4.78 is 25.7. The van der Waals surface area contributed by atoms with Crippen molar-refractivity contribution < 1.29 is 19.0 Å². The third-order valence-corrected chi connectivity index (χ3v) is 7.09. The summed E-state index contributed by atoms with van der Waals surface area (Å²) in [6, 6.07) is 2.92. The number of benzene rings is 1. The Kier molecular flexibility index (Phi) is 6.72. The molecule has 158 valence electrons. The van der Waals surface area contributed by atoms with E-state index < -0.39 is 11.4 Å². The van der Waals surface area contributed by atoms with Crippen LogP contribution in [0.2, 0.25) is 0 Å². The van der Waals surface area contributed by atoms with E-state index in [9.17, 15) is 14.3 Å². The lowest BCUT2D eigenvalue weighted by Gasteiger charge is -2.24. The highest BCUT2D eigenvalue weighted by Gasteiger charge is 2.20. The van der Waals surface area contributed by atoms with Gasteiger partial charge in [0.2, 0.25) is 0 Å². The number of halogens is 1. The van der Waals surface area contributed by atoms with Gasteiger partial charge >= 0.3 is 0 Å². The second-order valence-electron chi connectivity index (χ2n) is 7.92. The molecule has 8 heteroatoms. The maximum Gasteiger partial charge on any atom is 0.261 e. The summed E-state index contributed by atoms with van der Waals surface area (Å²) in [6.07, 6.45) is 5.25. The number of fused-ring (bicyclic) bond motifs is 1. The Morgan fingerprint density at radius 1 is 1.21 bits per heavy atom. The fourth-order valence-electron chi connectivity index (χ4n) is 3.94. The highest BCUT2D eigenvalue weighted by Crippen LogP contribution is 2.30. The molecule has 2 aromatic rings. The molecule has 1 aliphatic heterocycles. The van der Waals surface area contributed by atoms with Crippen LogP contribution in [0.15, 0.2) is 16.9 Å². The van der Waals surface area contributed by atoms with Crippen LogP contribution in [0.3, 0.4) is 0 Å². The van der Waals surface area contributed by atoms with Crippen molar-refractivity contribution >= 4 is 22.7 Å². The van der Waals surface area contributed by atoms with Crippen molar-refractivity contribution in [3.05, 3.63) is 34.1 Å². The molecule has 2 fully saturated rings. The van der Waals surface area contributed by atoms with Gasteiger partial charge in [-0.3, -0.25) is 4.79 Å². The van der Waals surface area contributed by atoms with Crippen LogP contribution < -0.4 is 10.3 Å². The molecule has 2 N–H and O–H groups in total. The van der Waals surface area contributed by atoms with E-state index in [1.54, 1.807) is 17.8 Å². The standard InChI is InChI=1S/C21H27FN2O4S/c22-17-9-15(28-11-13-5-7-27-8-6-13)10-18-20(17)21(26)24-19(23-18)12-29-16-3-1-14(25)2-4-16/h9-10,13-14,16,25H,1-8,11-12H2,(H,23,24,26). The third kappa shape index (κ3) is 5.29. The Morgan fingerprint density at radius 3 is 2.72 bits per heavy atom. The van der Waals surface area contributed by atoms with Crippen molar-refractivity contribution in [1.29, 1.82) is 0 Å². The number of aliphatic hydroxyl groups excluding tert-OH is 1. The van der Waals surface area contributed by atoms with Crippen molar-refractivity contribution in [2.24, 2.45) is 5.92 Å². The lowest BCUT2D eigenvalue weighted by molar-refractivity contribution is 0.0497. The summed E-state index contributed by atoms with van der Waals surface area (Å²) in [5.74, 6) is 1.29. The fourth-order valence-corrected chi connectivity index (χ4v) is 5.07. The maximum atomic E-state index is 14.5. The fraction of sp³-hybridized carbons (Fsp3) is 0.619. The number of H-pyrrole nitrogens is 1. The Bertz CT molecular complexity index is 892. The normalized spacial score (nSPS) is 23.4. The van der Waals surface area contributed by atoms with Crippen LogP contribution in [0.25, 0.3) is 10.9 Å². The third-order valence-electron chi connectivity index (χ3n) is 5.71. The van der Waals surface area contributed by atoms with Gasteiger partial charge in [0.1, 0.15) is 22.8 Å². The van der Waals surface area contributed by atoms with Crippen LogP contribution in [0.4, 0.5) is 4.39 Å². The number of aliphatic hydroxyl groups is 1. The Balaban J connectivity index is 1.46.